The molecule has 0 radical (unpaired) electrons. The Morgan fingerprint density at radius 3 is 2.44 bits per heavy atom. The first-order valence-electron chi connectivity index (χ1n) is 5.45. The summed E-state index contributed by atoms with van der Waals surface area (Å²) in [4.78, 5) is 12.3. The molecule has 1 atom stereocenters. The molecule has 6 nitrogen and oxygen atoms in total. The van der Waals surface area contributed by atoms with Crippen molar-refractivity contribution in [2.45, 2.75) is 13.0 Å². The first-order chi connectivity index (χ1) is 8.45. The quantitative estimate of drug-likeness (QED) is 0.312. The summed E-state index contributed by atoms with van der Waals surface area (Å²) in [6.45, 7) is 1.89. The van der Waals surface area contributed by atoms with Gasteiger partial charge in [0.1, 0.15) is 0 Å². The van der Waals surface area contributed by atoms with E-state index in [1.54, 1.807) is 24.1 Å². The number of aliphatic carboxylic acids is 1. The van der Waals surface area contributed by atoms with Crippen LogP contribution in [0.3, 0.4) is 0 Å². The van der Waals surface area contributed by atoms with Gasteiger partial charge in [-0.25, -0.2) is 0 Å². The minimum absolute atomic E-state index is 0.0246. The number of oxime groups is 1. The van der Waals surface area contributed by atoms with Gasteiger partial charge in [-0.1, -0.05) is 29.4 Å². The highest BCUT2D eigenvalue weighted by Gasteiger charge is 2.14. The van der Waals surface area contributed by atoms with Gasteiger partial charge in [0.25, 0.3) is 0 Å². The monoisotopic (exact) mass is 251 g/mol. The number of amidine groups is 1. The number of carboxylic acid groups (broad SMARTS) is 1. The molecule has 0 aromatic heterocycles. The van der Waals surface area contributed by atoms with Gasteiger partial charge in [0.05, 0.1) is 6.54 Å². The minimum atomic E-state index is -0.863. The minimum Gasteiger partial charge on any atom is -0.480 e. The van der Waals surface area contributed by atoms with Crippen molar-refractivity contribution in [1.82, 2.24) is 4.90 Å². The second-order valence-corrected chi connectivity index (χ2v) is 4.09. The smallest absolute Gasteiger partial charge is 0.317 e. The Labute approximate surface area is 105 Å². The summed E-state index contributed by atoms with van der Waals surface area (Å²) in [6.07, 6.45) is 0. The third-order valence-corrected chi connectivity index (χ3v) is 2.84. The molecule has 0 aliphatic heterocycles. The lowest BCUT2D eigenvalue weighted by molar-refractivity contribution is -0.138. The fourth-order valence-corrected chi connectivity index (χ4v) is 1.59. The normalized spacial score (nSPS) is 13.6. The van der Waals surface area contributed by atoms with E-state index in [1.165, 1.54) is 0 Å². The van der Waals surface area contributed by atoms with Crippen molar-refractivity contribution in [1.29, 1.82) is 0 Å². The zero-order valence-corrected chi connectivity index (χ0v) is 10.4. The highest BCUT2D eigenvalue weighted by molar-refractivity contribution is 5.96. The molecule has 98 valence electrons. The lowest BCUT2D eigenvalue weighted by Crippen LogP contribution is -2.28. The van der Waals surface area contributed by atoms with Crippen molar-refractivity contribution >= 4 is 11.8 Å². The Bertz CT molecular complexity index is 442. The van der Waals surface area contributed by atoms with Gasteiger partial charge in [0, 0.05) is 11.6 Å². The molecule has 18 heavy (non-hydrogen) atoms. The van der Waals surface area contributed by atoms with Crippen LogP contribution in [0.2, 0.25) is 0 Å². The second-order valence-electron chi connectivity index (χ2n) is 4.09. The Morgan fingerprint density at radius 2 is 2.00 bits per heavy atom. The number of carbonyl (C=O) groups is 1. The highest BCUT2D eigenvalue weighted by atomic mass is 16.4. The molecule has 1 rings (SSSR count). The van der Waals surface area contributed by atoms with Crippen LogP contribution in [-0.2, 0) is 4.79 Å². The van der Waals surface area contributed by atoms with Gasteiger partial charge >= 0.3 is 5.97 Å². The van der Waals surface area contributed by atoms with Crippen molar-refractivity contribution in [3.8, 4) is 0 Å². The number of likely N-dealkylation sites (N-methyl/N-ethyl adjacent to an activating group) is 1. The molecule has 1 aromatic rings. The molecule has 1 aromatic carbocycles. The van der Waals surface area contributed by atoms with E-state index in [0.717, 1.165) is 5.56 Å². The van der Waals surface area contributed by atoms with Crippen molar-refractivity contribution in [2.75, 3.05) is 13.6 Å². The summed E-state index contributed by atoms with van der Waals surface area (Å²) in [5, 5.41) is 20.2. The van der Waals surface area contributed by atoms with Crippen LogP contribution in [0.15, 0.2) is 29.4 Å². The van der Waals surface area contributed by atoms with Crippen molar-refractivity contribution < 1.29 is 15.1 Å². The molecule has 0 saturated carbocycles. The van der Waals surface area contributed by atoms with Crippen LogP contribution in [0.5, 0.6) is 0 Å². The molecule has 0 heterocycles. The van der Waals surface area contributed by atoms with Crippen LogP contribution in [0.1, 0.15) is 24.1 Å². The van der Waals surface area contributed by atoms with E-state index in [1.807, 2.05) is 19.1 Å². The Kier molecular flexibility index (Phi) is 4.67. The molecule has 6 heteroatoms. The van der Waals surface area contributed by atoms with Gasteiger partial charge in [-0.3, -0.25) is 9.69 Å². The van der Waals surface area contributed by atoms with E-state index in [-0.39, 0.29) is 18.4 Å². The Hall–Kier alpha value is -2.08. The highest BCUT2D eigenvalue weighted by Crippen LogP contribution is 2.18. The zero-order chi connectivity index (χ0) is 13.7. The maximum atomic E-state index is 10.6. The van der Waals surface area contributed by atoms with Crippen molar-refractivity contribution in [3.05, 3.63) is 35.4 Å². The number of rotatable bonds is 5. The fraction of sp³-hybridized carbons (Fsp3) is 0.333. The molecule has 0 amide bonds. The molecular formula is C12H17N3O3. The number of carboxylic acids is 1. The number of nitrogens with zero attached hydrogens (tertiary/aromatic N) is 2. The molecule has 0 bridgehead atoms. The predicted molar refractivity (Wildman–Crippen MR) is 67.6 cm³/mol. The molecule has 0 saturated heterocycles. The average molecular weight is 251 g/mol. The zero-order valence-electron chi connectivity index (χ0n) is 10.4. The largest absolute Gasteiger partial charge is 0.480 e. The van der Waals surface area contributed by atoms with E-state index >= 15 is 0 Å². The Balaban J connectivity index is 2.81. The maximum Gasteiger partial charge on any atom is 0.317 e. The third-order valence-electron chi connectivity index (χ3n) is 2.84. The lowest BCUT2D eigenvalue weighted by atomic mass is 10.0. The molecule has 4 N–H and O–H groups in total. The van der Waals surface area contributed by atoms with E-state index < -0.39 is 5.97 Å². The van der Waals surface area contributed by atoms with Gasteiger partial charge < -0.3 is 16.0 Å². The van der Waals surface area contributed by atoms with Crippen LogP contribution < -0.4 is 5.73 Å². The molecule has 0 spiro atoms. The average Bonchev–Trinajstić information content (AvgIpc) is 2.36. The first-order valence-corrected chi connectivity index (χ1v) is 5.45. The van der Waals surface area contributed by atoms with Gasteiger partial charge in [0.15, 0.2) is 5.84 Å². The SMILES string of the molecule is C[C@H](c1ccc(C(N)=NO)cc1)N(C)CC(=O)O. The second kappa shape index (κ2) is 6.02. The van der Waals surface area contributed by atoms with Gasteiger partial charge in [-0.15, -0.1) is 0 Å². The number of nitrogens with two attached hydrogens (primary N) is 1. The lowest BCUT2D eigenvalue weighted by Gasteiger charge is -2.23. The van der Waals surface area contributed by atoms with E-state index in [0.29, 0.717) is 5.56 Å². The summed E-state index contributed by atoms with van der Waals surface area (Å²) < 4.78 is 0. The topological polar surface area (TPSA) is 99.2 Å². The summed E-state index contributed by atoms with van der Waals surface area (Å²) >= 11 is 0. The van der Waals surface area contributed by atoms with Crippen molar-refractivity contribution in [2.24, 2.45) is 10.9 Å². The maximum absolute atomic E-state index is 10.6. The molecule has 0 aliphatic rings. The standard InChI is InChI=1S/C12H17N3O3/c1-8(15(2)7-11(16)17)9-3-5-10(6-4-9)12(13)14-18/h3-6,8,18H,7H2,1-2H3,(H2,13,14)(H,16,17)/t8-/m1/s1. The molecule has 0 fully saturated rings. The molecule has 0 aliphatic carbocycles. The van der Waals surface area contributed by atoms with Crippen molar-refractivity contribution in [3.63, 3.8) is 0 Å². The third kappa shape index (κ3) is 3.46. The van der Waals surface area contributed by atoms with Gasteiger partial charge in [-0.2, -0.15) is 0 Å². The van der Waals surface area contributed by atoms with Crippen LogP contribution in [0.25, 0.3) is 0 Å². The van der Waals surface area contributed by atoms with E-state index in [9.17, 15) is 4.79 Å². The molecule has 0 unspecified atom stereocenters. The molecular weight excluding hydrogens is 234 g/mol. The number of hydrogen-bond acceptors (Lipinski definition) is 4. The van der Waals surface area contributed by atoms with E-state index in [4.69, 9.17) is 16.0 Å². The summed E-state index contributed by atoms with van der Waals surface area (Å²) in [7, 11) is 1.75. The van der Waals surface area contributed by atoms with Crippen LogP contribution in [0, 0.1) is 0 Å². The van der Waals surface area contributed by atoms with E-state index in [2.05, 4.69) is 5.16 Å². The van der Waals surface area contributed by atoms with Crippen LogP contribution in [0.4, 0.5) is 0 Å². The van der Waals surface area contributed by atoms with Crippen LogP contribution >= 0.6 is 0 Å². The first kappa shape index (κ1) is 14.0. The number of benzene rings is 1. The summed E-state index contributed by atoms with van der Waals surface area (Å²) in [5.74, 6) is -0.814. The summed E-state index contributed by atoms with van der Waals surface area (Å²) in [6, 6.07) is 7.10. The van der Waals surface area contributed by atoms with Gasteiger partial charge in [-0.05, 0) is 19.5 Å². The summed E-state index contributed by atoms with van der Waals surface area (Å²) in [5.41, 5.74) is 7.04. The fourth-order valence-electron chi connectivity index (χ4n) is 1.59. The predicted octanol–water partition coefficient (Wildman–Crippen LogP) is 0.859. The number of hydrogen-bond donors (Lipinski definition) is 3. The van der Waals surface area contributed by atoms with Gasteiger partial charge in [0.2, 0.25) is 0 Å². The van der Waals surface area contributed by atoms with Crippen LogP contribution in [-0.4, -0.2) is 40.6 Å². The Morgan fingerprint density at radius 1 is 1.44 bits per heavy atom.